The first-order valence-electron chi connectivity index (χ1n) is 10.7. The van der Waals surface area contributed by atoms with Gasteiger partial charge in [0.25, 0.3) is 0 Å². The number of aryl methyl sites for hydroxylation is 1. The molecule has 11 heteroatoms. The zero-order chi connectivity index (χ0) is 26.7. The molecule has 2 aromatic rings. The summed E-state index contributed by atoms with van der Waals surface area (Å²) < 4.78 is 12.5. The van der Waals surface area contributed by atoms with Gasteiger partial charge in [-0.1, -0.05) is 29.3 Å². The topological polar surface area (TPSA) is 111 Å². The largest absolute Gasteiger partial charge is 0.478 e. The number of carbonyl (C=O) groups excluding carboxylic acids is 2. The fourth-order valence-corrected chi connectivity index (χ4v) is 3.45. The maximum atomic E-state index is 12.9. The number of benzene rings is 1. The Morgan fingerprint density at radius 1 is 1.06 bits per heavy atom. The molecule has 2 amide bonds. The molecule has 190 valence electrons. The molecule has 0 bridgehead atoms. The Balaban J connectivity index is 2.45. The number of nitrogens with zero attached hydrogens (tertiary/aromatic N) is 3. The molecule has 0 aliphatic rings. The average Bonchev–Trinajstić information content (AvgIpc) is 2.91. The van der Waals surface area contributed by atoms with Crippen molar-refractivity contribution < 1.29 is 29.0 Å². The van der Waals surface area contributed by atoms with Crippen LogP contribution in [0.4, 0.5) is 15.3 Å². The molecular formula is C24H29Cl2N3O6. The van der Waals surface area contributed by atoms with E-state index in [-0.39, 0.29) is 22.4 Å². The molecule has 0 saturated carbocycles. The van der Waals surface area contributed by atoms with Crippen LogP contribution in [0.3, 0.4) is 0 Å². The molecule has 0 aliphatic carbocycles. The Bertz CT molecular complexity index is 1130. The van der Waals surface area contributed by atoms with Crippen molar-refractivity contribution in [1.82, 2.24) is 9.55 Å². The normalized spacial score (nSPS) is 12.0. The zero-order valence-corrected chi connectivity index (χ0v) is 22.2. The van der Waals surface area contributed by atoms with E-state index in [9.17, 15) is 14.4 Å². The molecule has 0 radical (unpaired) electrons. The second-order valence-corrected chi connectivity index (χ2v) is 10.4. The van der Waals surface area contributed by atoms with Gasteiger partial charge in [0.15, 0.2) is 5.15 Å². The third kappa shape index (κ3) is 8.00. The van der Waals surface area contributed by atoms with Gasteiger partial charge in [0, 0.05) is 11.1 Å². The molecule has 1 aromatic heterocycles. The number of rotatable bonds is 5. The Labute approximate surface area is 214 Å². The minimum Gasteiger partial charge on any atom is -0.478 e. The molecule has 1 heterocycles. The van der Waals surface area contributed by atoms with Crippen molar-refractivity contribution in [3.63, 3.8) is 0 Å². The van der Waals surface area contributed by atoms with Crippen LogP contribution in [0, 0.1) is 6.92 Å². The van der Waals surface area contributed by atoms with Crippen molar-refractivity contribution in [1.29, 1.82) is 0 Å². The van der Waals surface area contributed by atoms with Crippen LogP contribution in [0.2, 0.25) is 10.2 Å². The lowest BCUT2D eigenvalue weighted by Gasteiger charge is -2.28. The molecule has 0 spiro atoms. The Morgan fingerprint density at radius 2 is 1.60 bits per heavy atom. The summed E-state index contributed by atoms with van der Waals surface area (Å²) in [5.74, 6) is -0.581. The highest BCUT2D eigenvalue weighted by atomic mass is 35.5. The van der Waals surface area contributed by atoms with E-state index in [0.717, 1.165) is 11.0 Å². The SMILES string of the molecule is Cc1nc(Cl)c(/C=C/C(=O)O)n1Cc1ccc(N(C(=O)OC(C)(C)C)C(=O)OC(C)(C)C)cc1Cl. The van der Waals surface area contributed by atoms with Crippen LogP contribution in [0.5, 0.6) is 0 Å². The molecule has 0 aliphatic heterocycles. The monoisotopic (exact) mass is 525 g/mol. The number of carboxylic acid groups (broad SMARTS) is 1. The summed E-state index contributed by atoms with van der Waals surface area (Å²) in [5, 5.41) is 9.34. The number of hydrogen-bond donors (Lipinski definition) is 1. The number of hydrogen-bond acceptors (Lipinski definition) is 6. The van der Waals surface area contributed by atoms with Crippen LogP contribution in [0.25, 0.3) is 6.08 Å². The first-order valence-corrected chi connectivity index (χ1v) is 11.4. The highest BCUT2D eigenvalue weighted by Crippen LogP contribution is 2.29. The van der Waals surface area contributed by atoms with Crippen molar-refractivity contribution in [3.05, 3.63) is 51.5 Å². The average molecular weight is 526 g/mol. The predicted molar refractivity (Wildman–Crippen MR) is 134 cm³/mol. The predicted octanol–water partition coefficient (Wildman–Crippen LogP) is 6.32. The number of aromatic nitrogens is 2. The lowest BCUT2D eigenvalue weighted by Crippen LogP contribution is -2.43. The van der Waals surface area contributed by atoms with Crippen molar-refractivity contribution in [2.45, 2.75) is 66.2 Å². The van der Waals surface area contributed by atoms with E-state index < -0.39 is 29.4 Å². The van der Waals surface area contributed by atoms with Gasteiger partial charge in [-0.25, -0.2) is 19.4 Å². The minimum absolute atomic E-state index is 0.147. The van der Waals surface area contributed by atoms with E-state index in [1.807, 2.05) is 0 Å². The van der Waals surface area contributed by atoms with E-state index in [0.29, 0.717) is 17.1 Å². The molecule has 2 rings (SSSR count). The highest BCUT2D eigenvalue weighted by Gasteiger charge is 2.33. The second-order valence-electron chi connectivity index (χ2n) is 9.66. The van der Waals surface area contributed by atoms with E-state index in [4.69, 9.17) is 37.8 Å². The lowest BCUT2D eigenvalue weighted by atomic mass is 10.1. The maximum Gasteiger partial charge on any atom is 0.424 e. The number of aliphatic carboxylic acids is 1. The van der Waals surface area contributed by atoms with Crippen LogP contribution in [0.1, 0.15) is 58.6 Å². The van der Waals surface area contributed by atoms with Gasteiger partial charge in [-0.15, -0.1) is 0 Å². The van der Waals surface area contributed by atoms with Crippen molar-refractivity contribution >= 4 is 53.1 Å². The zero-order valence-electron chi connectivity index (χ0n) is 20.7. The third-order valence-electron chi connectivity index (χ3n) is 4.31. The lowest BCUT2D eigenvalue weighted by molar-refractivity contribution is -0.131. The first kappa shape index (κ1) is 28.2. The molecular weight excluding hydrogens is 497 g/mol. The maximum absolute atomic E-state index is 12.9. The summed E-state index contributed by atoms with van der Waals surface area (Å²) in [5.41, 5.74) is -0.520. The summed E-state index contributed by atoms with van der Waals surface area (Å²) in [6.07, 6.45) is 0.491. The Morgan fingerprint density at radius 3 is 2.06 bits per heavy atom. The number of carboxylic acids is 1. The molecule has 0 fully saturated rings. The van der Waals surface area contributed by atoms with E-state index in [1.165, 1.54) is 18.2 Å². The van der Waals surface area contributed by atoms with Gasteiger partial charge < -0.3 is 19.1 Å². The van der Waals surface area contributed by atoms with Crippen LogP contribution in [-0.4, -0.2) is 44.0 Å². The van der Waals surface area contributed by atoms with Crippen LogP contribution >= 0.6 is 23.2 Å². The van der Waals surface area contributed by atoms with Crippen LogP contribution < -0.4 is 4.90 Å². The molecule has 1 aromatic carbocycles. The number of ether oxygens (including phenoxy) is 2. The van der Waals surface area contributed by atoms with Gasteiger partial charge in [0.05, 0.1) is 17.9 Å². The van der Waals surface area contributed by atoms with Crippen LogP contribution in [0.15, 0.2) is 24.3 Å². The summed E-state index contributed by atoms with van der Waals surface area (Å²) >= 11 is 12.7. The molecule has 0 atom stereocenters. The van der Waals surface area contributed by atoms with E-state index in [2.05, 4.69) is 4.98 Å². The van der Waals surface area contributed by atoms with Crippen molar-refractivity contribution in [2.75, 3.05) is 4.90 Å². The number of carbonyl (C=O) groups is 3. The standard InChI is InChI=1S/C24H29Cl2N3O6/c1-14-27-20(26)18(10-11-19(30)31)28(14)13-15-8-9-16(12-17(15)25)29(21(32)34-23(2,3)4)22(33)35-24(5,6)7/h8-12H,13H2,1-7H3,(H,30,31)/b11-10+. The Hall–Kier alpha value is -3.04. The minimum atomic E-state index is -1.13. The molecule has 0 unspecified atom stereocenters. The fraction of sp³-hybridized carbons (Fsp3) is 0.417. The second kappa shape index (κ2) is 10.7. The summed E-state index contributed by atoms with van der Waals surface area (Å²) in [6, 6.07) is 4.62. The van der Waals surface area contributed by atoms with Crippen molar-refractivity contribution in [3.8, 4) is 0 Å². The molecule has 0 saturated heterocycles. The summed E-state index contributed by atoms with van der Waals surface area (Å²) in [4.78, 5) is 41.6. The van der Waals surface area contributed by atoms with Gasteiger partial charge in [-0.05, 0) is 72.2 Å². The number of halogens is 2. The highest BCUT2D eigenvalue weighted by molar-refractivity contribution is 6.32. The van der Waals surface area contributed by atoms with Gasteiger partial charge in [-0.2, -0.15) is 4.90 Å². The first-order chi connectivity index (χ1) is 16.0. The molecule has 9 nitrogen and oxygen atoms in total. The smallest absolute Gasteiger partial charge is 0.424 e. The van der Waals surface area contributed by atoms with E-state index in [1.54, 1.807) is 59.1 Å². The fourth-order valence-electron chi connectivity index (χ4n) is 2.93. The third-order valence-corrected chi connectivity index (χ3v) is 4.94. The van der Waals surface area contributed by atoms with Gasteiger partial charge in [-0.3, -0.25) is 0 Å². The van der Waals surface area contributed by atoms with Crippen molar-refractivity contribution in [2.24, 2.45) is 0 Å². The number of imide groups is 1. The summed E-state index contributed by atoms with van der Waals surface area (Å²) in [7, 11) is 0. The van der Waals surface area contributed by atoms with Gasteiger partial charge in [0.2, 0.25) is 0 Å². The van der Waals surface area contributed by atoms with Crippen LogP contribution in [-0.2, 0) is 20.8 Å². The number of anilines is 1. The number of amides is 2. The van der Waals surface area contributed by atoms with E-state index >= 15 is 0 Å². The molecule has 35 heavy (non-hydrogen) atoms. The molecule has 1 N–H and O–H groups in total. The van der Waals surface area contributed by atoms with Gasteiger partial charge in [0.1, 0.15) is 17.0 Å². The quantitative estimate of drug-likeness (QED) is 0.454. The summed E-state index contributed by atoms with van der Waals surface area (Å²) in [6.45, 7) is 12.0. The number of imidazole rings is 1. The Kier molecular flexibility index (Phi) is 8.62. The van der Waals surface area contributed by atoms with Gasteiger partial charge >= 0.3 is 18.2 Å².